The van der Waals surface area contributed by atoms with Crippen LogP contribution in [0.5, 0.6) is 0 Å². The van der Waals surface area contributed by atoms with Gasteiger partial charge in [0.05, 0.1) is 38.3 Å². The van der Waals surface area contributed by atoms with E-state index in [1.807, 2.05) is 12.1 Å². The zero-order valence-electron chi connectivity index (χ0n) is 51.2. The molecule has 23 N–H and O–H groups in total. The van der Waals surface area contributed by atoms with Crippen LogP contribution in [0.4, 0.5) is 0 Å². The number of rotatable bonds is 41. The van der Waals surface area contributed by atoms with Gasteiger partial charge in [0.15, 0.2) is 0 Å². The summed E-state index contributed by atoms with van der Waals surface area (Å²) >= 11 is 0. The molecule has 2 rings (SSSR count). The summed E-state index contributed by atoms with van der Waals surface area (Å²) in [4.78, 5) is 199. The first-order valence-corrected chi connectivity index (χ1v) is 29.0. The third kappa shape index (κ3) is 26.6. The SMILES string of the molecule is CC(C)C[C@H](NC(=O)[C@H](CO)NC(=O)[C@H](CC(N)=O)NC(=O)[C@@H](N)Cc1c[nH]c2ccccc12)C(=O)N[C@@H](CCCCN)C(=O)N[C@@H](C)C(=O)N[C@@H](CC(=O)O)C(=O)N[C@@H](CC(N)=O)C(=O)N[C@@H](CC(C)C)C(=O)N[C@@H](CC(=O)O)C(=O)N[C@H](C(=O)O)C(C)C. The Morgan fingerprint density at radius 3 is 1.30 bits per heavy atom. The fraction of sp³-hybridized carbons (Fsp3) is 0.589. The van der Waals surface area contributed by atoms with Crippen LogP contribution in [0.15, 0.2) is 30.5 Å². The third-order valence-corrected chi connectivity index (χ3v) is 13.6. The number of fused-ring (bicyclic) bond motifs is 1. The van der Waals surface area contributed by atoms with Gasteiger partial charge in [0.1, 0.15) is 60.4 Å². The predicted molar refractivity (Wildman–Crippen MR) is 318 cm³/mol. The van der Waals surface area contributed by atoms with E-state index < -0.39 is 199 Å². The number of carboxylic acids is 3. The molecule has 0 bridgehead atoms. The number of carbonyl (C=O) groups excluding carboxylic acids is 12. The molecule has 1 aromatic carbocycles. The number of nitrogens with one attached hydrogen (secondary N) is 11. The van der Waals surface area contributed by atoms with Gasteiger partial charge >= 0.3 is 17.9 Å². The molecule has 1 aromatic heterocycles. The topological polar surface area (TPSA) is 577 Å². The highest BCUT2D eigenvalue weighted by Crippen LogP contribution is 2.19. The molecule has 34 heteroatoms. The first-order chi connectivity index (χ1) is 42.1. The molecule has 12 amide bonds. The van der Waals surface area contributed by atoms with E-state index in [1.54, 1.807) is 46.0 Å². The number of benzene rings is 1. The molecular formula is C56H87N15O19. The van der Waals surface area contributed by atoms with Crippen LogP contribution in [0.3, 0.4) is 0 Å². The number of hydrogen-bond donors (Lipinski definition) is 19. The number of amides is 12. The van der Waals surface area contributed by atoms with E-state index in [4.69, 9.17) is 22.9 Å². The van der Waals surface area contributed by atoms with E-state index in [0.29, 0.717) is 12.0 Å². The molecule has 2 aromatic rings. The zero-order valence-corrected chi connectivity index (χ0v) is 51.2. The molecule has 11 atom stereocenters. The quantitative estimate of drug-likeness (QED) is 0.0276. The maximum Gasteiger partial charge on any atom is 0.326 e. The maximum absolute atomic E-state index is 14.1. The van der Waals surface area contributed by atoms with Crippen molar-refractivity contribution >= 4 is 99.7 Å². The minimum absolute atomic E-state index is 0.0124. The van der Waals surface area contributed by atoms with Crippen LogP contribution in [-0.2, 0) is 78.3 Å². The summed E-state index contributed by atoms with van der Waals surface area (Å²) in [7, 11) is 0. The number of aliphatic hydroxyl groups is 1. The average molecular weight is 1270 g/mol. The Hall–Kier alpha value is -9.31. The van der Waals surface area contributed by atoms with Crippen LogP contribution in [0.2, 0.25) is 0 Å². The minimum atomic E-state index is -2.05. The van der Waals surface area contributed by atoms with Crippen molar-refractivity contribution in [2.75, 3.05) is 13.2 Å². The Bertz CT molecular complexity index is 2900. The smallest absolute Gasteiger partial charge is 0.326 e. The van der Waals surface area contributed by atoms with E-state index >= 15 is 0 Å². The molecule has 0 spiro atoms. The van der Waals surface area contributed by atoms with Crippen molar-refractivity contribution in [3.05, 3.63) is 36.0 Å². The van der Waals surface area contributed by atoms with Gasteiger partial charge in [0, 0.05) is 17.1 Å². The molecule has 0 saturated carbocycles. The van der Waals surface area contributed by atoms with Crippen LogP contribution in [0.25, 0.3) is 10.9 Å². The summed E-state index contributed by atoms with van der Waals surface area (Å²) < 4.78 is 0. The first kappa shape index (κ1) is 76.8. The lowest BCUT2D eigenvalue weighted by molar-refractivity contribution is -0.145. The predicted octanol–water partition coefficient (Wildman–Crippen LogP) is -5.44. The molecule has 500 valence electrons. The average Bonchev–Trinajstić information content (AvgIpc) is 2.31. The van der Waals surface area contributed by atoms with Gasteiger partial charge in [0.2, 0.25) is 70.9 Å². The Morgan fingerprint density at radius 1 is 0.478 bits per heavy atom. The van der Waals surface area contributed by atoms with Gasteiger partial charge < -0.3 is 102 Å². The fourth-order valence-electron chi connectivity index (χ4n) is 8.94. The lowest BCUT2D eigenvalue weighted by Crippen LogP contribution is -2.61. The standard InChI is InChI=1S/C56H87N15O19/c1-25(2)16-34(67-55(88)40(24-72)70-52(85)36(19-41(59)73)65-47(80)31(58)18-29-23-61-32-13-9-8-12-30(29)32)49(82)63-33(14-10-11-15-57)48(81)62-28(7)46(79)64-38(21-43(75)76)53(86)68-37(20-42(60)74)51(84)66-35(17-26(3)4)50(83)69-39(22-44(77)78)54(87)71-45(27(5)6)56(89)90/h8-9,12-13,23,25-28,31,33-40,45,61,72H,10-11,14-22,24,57-58H2,1-7H3,(H2,59,73)(H2,60,74)(H,62,81)(H,63,82)(H,64,79)(H,65,80)(H,66,84)(H,67,88)(H,68,86)(H,69,83)(H,70,85)(H,71,87)(H,75,76)(H,77,78)(H,89,90)/t28-,31-,33-,34-,35-,36-,37-,38-,39-,40-,45-/m0/s1. The number of unbranched alkanes of at least 4 members (excludes halogenated alkanes) is 1. The van der Waals surface area contributed by atoms with Crippen molar-refractivity contribution in [2.45, 2.75) is 179 Å². The summed E-state index contributed by atoms with van der Waals surface area (Å²) in [5, 5.41) is 62.7. The highest BCUT2D eigenvalue weighted by atomic mass is 16.4. The van der Waals surface area contributed by atoms with Crippen LogP contribution in [-0.4, -0.2) is 194 Å². The second-order valence-corrected chi connectivity index (χ2v) is 22.7. The summed E-state index contributed by atoms with van der Waals surface area (Å²) in [6.45, 7) is 9.71. The molecule has 34 nitrogen and oxygen atoms in total. The second kappa shape index (κ2) is 37.5. The number of carboxylic acid groups (broad SMARTS) is 3. The molecule has 0 radical (unpaired) electrons. The van der Waals surface area contributed by atoms with E-state index in [9.17, 15) is 92.3 Å². The number of aliphatic hydroxyl groups excluding tert-OH is 1. The number of aliphatic carboxylic acids is 3. The van der Waals surface area contributed by atoms with Gasteiger partial charge in [-0.1, -0.05) is 59.7 Å². The van der Waals surface area contributed by atoms with Gasteiger partial charge in [-0.25, -0.2) is 4.79 Å². The molecular weight excluding hydrogens is 1190 g/mol. The molecule has 0 aliphatic rings. The van der Waals surface area contributed by atoms with Gasteiger partial charge in [-0.15, -0.1) is 0 Å². The lowest BCUT2D eigenvalue weighted by Gasteiger charge is -2.28. The number of hydrogen-bond acceptors (Lipinski definition) is 18. The van der Waals surface area contributed by atoms with Crippen molar-refractivity contribution in [3.8, 4) is 0 Å². The summed E-state index contributed by atoms with van der Waals surface area (Å²) in [6.07, 6.45) is -2.13. The Balaban J connectivity index is 2.30. The summed E-state index contributed by atoms with van der Waals surface area (Å²) in [5.41, 5.74) is 24.1. The molecule has 1 heterocycles. The Kier molecular flexibility index (Phi) is 32.0. The van der Waals surface area contributed by atoms with Gasteiger partial charge in [-0.2, -0.15) is 0 Å². The number of primary amides is 2. The number of nitrogens with two attached hydrogens (primary N) is 4. The minimum Gasteiger partial charge on any atom is -0.481 e. The zero-order chi connectivity index (χ0) is 68.3. The molecule has 0 aliphatic heterocycles. The second-order valence-electron chi connectivity index (χ2n) is 22.7. The highest BCUT2D eigenvalue weighted by molar-refractivity contribution is 6.01. The van der Waals surface area contributed by atoms with Crippen molar-refractivity contribution in [1.82, 2.24) is 58.2 Å². The van der Waals surface area contributed by atoms with Crippen molar-refractivity contribution in [3.63, 3.8) is 0 Å². The number of aromatic nitrogens is 1. The molecule has 0 saturated heterocycles. The molecule has 0 fully saturated rings. The molecule has 0 unspecified atom stereocenters. The number of H-pyrrole nitrogens is 1. The van der Waals surface area contributed by atoms with Gasteiger partial charge in [0.25, 0.3) is 0 Å². The molecule has 0 aliphatic carbocycles. The monoisotopic (exact) mass is 1270 g/mol. The number of para-hydroxylation sites is 1. The molecule has 90 heavy (non-hydrogen) atoms. The summed E-state index contributed by atoms with van der Waals surface area (Å²) in [6, 6.07) is -11.1. The largest absolute Gasteiger partial charge is 0.481 e. The van der Waals surface area contributed by atoms with Crippen LogP contribution in [0, 0.1) is 17.8 Å². The van der Waals surface area contributed by atoms with Gasteiger partial charge in [-0.3, -0.25) is 67.1 Å². The maximum atomic E-state index is 14.1. The fourth-order valence-corrected chi connectivity index (χ4v) is 8.94. The summed E-state index contributed by atoms with van der Waals surface area (Å²) in [5.74, 6) is -19.6. The van der Waals surface area contributed by atoms with E-state index in [2.05, 4.69) is 58.2 Å². The number of aromatic amines is 1. The van der Waals surface area contributed by atoms with Crippen molar-refractivity contribution in [1.29, 1.82) is 0 Å². The van der Waals surface area contributed by atoms with Crippen LogP contribution >= 0.6 is 0 Å². The Labute approximate surface area is 517 Å². The van der Waals surface area contributed by atoms with E-state index in [-0.39, 0.29) is 44.6 Å². The Morgan fingerprint density at radius 2 is 0.867 bits per heavy atom. The first-order valence-electron chi connectivity index (χ1n) is 29.0. The van der Waals surface area contributed by atoms with E-state index in [1.165, 1.54) is 13.8 Å². The van der Waals surface area contributed by atoms with Crippen molar-refractivity contribution in [2.24, 2.45) is 40.7 Å². The van der Waals surface area contributed by atoms with E-state index in [0.717, 1.165) is 17.8 Å². The third-order valence-electron chi connectivity index (χ3n) is 13.6. The van der Waals surface area contributed by atoms with Crippen LogP contribution < -0.4 is 76.1 Å². The van der Waals surface area contributed by atoms with Gasteiger partial charge in [-0.05, 0) is 81.4 Å². The number of carbonyl (C=O) groups is 15. The van der Waals surface area contributed by atoms with Crippen molar-refractivity contribution < 1.29 is 92.3 Å². The lowest BCUT2D eigenvalue weighted by atomic mass is 10.0. The van der Waals surface area contributed by atoms with Crippen LogP contribution in [0.1, 0.15) is 112 Å². The normalized spacial score (nSPS) is 14.9. The highest BCUT2D eigenvalue weighted by Gasteiger charge is 2.38.